The quantitative estimate of drug-likeness (QED) is 0.409. The zero-order valence-corrected chi connectivity index (χ0v) is 17.1. The van der Waals surface area contributed by atoms with Crippen LogP contribution in [0.15, 0.2) is 72.9 Å². The molecular formula is C24H22ClFN2O. The summed E-state index contributed by atoms with van der Waals surface area (Å²) in [4.78, 5) is 7.69. The van der Waals surface area contributed by atoms with Gasteiger partial charge < -0.3 is 9.72 Å². The summed E-state index contributed by atoms with van der Waals surface area (Å²) in [6, 6.07) is 21.3. The highest BCUT2D eigenvalue weighted by Crippen LogP contribution is 2.28. The van der Waals surface area contributed by atoms with Gasteiger partial charge in [0, 0.05) is 11.1 Å². The lowest BCUT2D eigenvalue weighted by Gasteiger charge is -2.10. The highest BCUT2D eigenvalue weighted by atomic mass is 35.5. The van der Waals surface area contributed by atoms with E-state index in [-0.39, 0.29) is 18.2 Å². The Hall–Kier alpha value is -3.11. The summed E-state index contributed by atoms with van der Waals surface area (Å²) in [5.41, 5.74) is 5.43. The summed E-state index contributed by atoms with van der Waals surface area (Å²) in [5, 5.41) is 0. The van der Waals surface area contributed by atoms with E-state index >= 15 is 0 Å². The van der Waals surface area contributed by atoms with Crippen LogP contribution in [0.25, 0.3) is 22.6 Å². The minimum Gasteiger partial charge on any atom is -0.489 e. The molecule has 4 aromatic rings. The molecule has 1 aromatic heterocycles. The monoisotopic (exact) mass is 408 g/mol. The number of halogens is 2. The summed E-state index contributed by atoms with van der Waals surface area (Å²) in [6.45, 7) is 4.31. The Balaban J connectivity index is 0.00000240. The lowest BCUT2D eigenvalue weighted by molar-refractivity contribution is 0.304. The maximum absolute atomic E-state index is 13.8. The average molecular weight is 409 g/mol. The number of ether oxygens (including phenoxy) is 1. The highest BCUT2D eigenvalue weighted by molar-refractivity contribution is 5.85. The van der Waals surface area contributed by atoms with E-state index in [1.54, 1.807) is 19.2 Å². The normalized spacial score (nSPS) is 10.4. The summed E-state index contributed by atoms with van der Waals surface area (Å²) < 4.78 is 19.8. The number of aryl methyl sites for hydroxylation is 2. The van der Waals surface area contributed by atoms with Gasteiger partial charge in [0.25, 0.3) is 0 Å². The molecule has 0 saturated carbocycles. The van der Waals surface area contributed by atoms with Crippen LogP contribution in [-0.4, -0.2) is 9.97 Å². The smallest absolute Gasteiger partial charge is 0.137 e. The van der Waals surface area contributed by atoms with Crippen molar-refractivity contribution in [3.05, 3.63) is 95.4 Å². The van der Waals surface area contributed by atoms with Crippen LogP contribution in [0.5, 0.6) is 5.75 Å². The first-order chi connectivity index (χ1) is 13.6. The maximum atomic E-state index is 13.8. The number of aromatic amines is 1. The van der Waals surface area contributed by atoms with Crippen LogP contribution < -0.4 is 4.74 Å². The number of nitrogens with zero attached hydrogens (tertiary/aromatic N) is 1. The first kappa shape index (κ1) is 20.6. The minimum absolute atomic E-state index is 0. The molecule has 0 aliphatic rings. The van der Waals surface area contributed by atoms with Crippen LogP contribution in [0.3, 0.4) is 0 Å². The summed E-state index contributed by atoms with van der Waals surface area (Å²) in [7, 11) is 0. The standard InChI is InChI=1S/C24H21FN2O.ClH/c1-16-8-9-20(13-21(16)25)24-26-14-22(27-24)19-10-11-23(17(2)12-19)28-15-18-6-4-3-5-7-18;/h3-14H,15H2,1-2H3,(H,26,27);1H. The molecule has 0 amide bonds. The Morgan fingerprint density at radius 1 is 0.897 bits per heavy atom. The molecule has 0 unspecified atom stereocenters. The second kappa shape index (κ2) is 8.93. The van der Waals surface area contributed by atoms with Gasteiger partial charge in [-0.05, 0) is 54.8 Å². The van der Waals surface area contributed by atoms with Gasteiger partial charge in [-0.3, -0.25) is 0 Å². The van der Waals surface area contributed by atoms with Crippen molar-refractivity contribution in [2.45, 2.75) is 20.5 Å². The van der Waals surface area contributed by atoms with Gasteiger partial charge in [-0.15, -0.1) is 12.4 Å². The van der Waals surface area contributed by atoms with Crippen molar-refractivity contribution in [2.75, 3.05) is 0 Å². The summed E-state index contributed by atoms with van der Waals surface area (Å²) in [5.74, 6) is 1.27. The molecule has 1 heterocycles. The van der Waals surface area contributed by atoms with Gasteiger partial charge in [0.05, 0.1) is 11.9 Å². The van der Waals surface area contributed by atoms with E-state index in [0.29, 0.717) is 18.0 Å². The summed E-state index contributed by atoms with van der Waals surface area (Å²) >= 11 is 0. The van der Waals surface area contributed by atoms with Gasteiger partial charge >= 0.3 is 0 Å². The molecule has 0 aliphatic carbocycles. The number of aromatic nitrogens is 2. The molecule has 0 bridgehead atoms. The molecule has 0 saturated heterocycles. The molecule has 0 spiro atoms. The van der Waals surface area contributed by atoms with E-state index in [2.05, 4.69) is 16.0 Å². The molecule has 1 N–H and O–H groups in total. The third-order valence-electron chi connectivity index (χ3n) is 4.74. The van der Waals surface area contributed by atoms with Crippen molar-refractivity contribution >= 4 is 12.4 Å². The Labute approximate surface area is 176 Å². The molecule has 4 rings (SSSR count). The van der Waals surface area contributed by atoms with Crippen molar-refractivity contribution in [3.8, 4) is 28.4 Å². The Bertz CT molecular complexity index is 1110. The van der Waals surface area contributed by atoms with Crippen LogP contribution in [0, 0.1) is 19.7 Å². The number of H-pyrrole nitrogens is 1. The number of nitrogens with one attached hydrogen (secondary N) is 1. The minimum atomic E-state index is -0.230. The highest BCUT2D eigenvalue weighted by Gasteiger charge is 2.09. The SMILES string of the molecule is Cc1ccc(-c2ncc(-c3ccc(OCc4ccccc4)c(C)c3)[nH]2)cc1F.Cl. The number of hydrogen-bond donors (Lipinski definition) is 1. The van der Waals surface area contributed by atoms with E-state index in [1.165, 1.54) is 6.07 Å². The predicted octanol–water partition coefficient (Wildman–Crippen LogP) is 6.50. The number of benzene rings is 3. The third kappa shape index (κ3) is 4.66. The van der Waals surface area contributed by atoms with Gasteiger partial charge in [-0.25, -0.2) is 9.37 Å². The molecule has 29 heavy (non-hydrogen) atoms. The number of rotatable bonds is 5. The Morgan fingerprint density at radius 3 is 2.38 bits per heavy atom. The van der Waals surface area contributed by atoms with Gasteiger partial charge in [-0.2, -0.15) is 0 Å². The van der Waals surface area contributed by atoms with Crippen LogP contribution >= 0.6 is 12.4 Å². The van der Waals surface area contributed by atoms with Crippen molar-refractivity contribution in [3.63, 3.8) is 0 Å². The second-order valence-electron chi connectivity index (χ2n) is 6.86. The number of hydrogen-bond acceptors (Lipinski definition) is 2. The lowest BCUT2D eigenvalue weighted by Crippen LogP contribution is -1.97. The largest absolute Gasteiger partial charge is 0.489 e. The predicted molar refractivity (Wildman–Crippen MR) is 117 cm³/mol. The first-order valence-corrected chi connectivity index (χ1v) is 9.19. The van der Waals surface area contributed by atoms with E-state index in [0.717, 1.165) is 33.7 Å². The van der Waals surface area contributed by atoms with E-state index < -0.39 is 0 Å². The summed E-state index contributed by atoms with van der Waals surface area (Å²) in [6.07, 6.45) is 1.77. The van der Waals surface area contributed by atoms with E-state index in [4.69, 9.17) is 4.74 Å². The van der Waals surface area contributed by atoms with Crippen molar-refractivity contribution in [1.29, 1.82) is 0 Å². The molecule has 3 nitrogen and oxygen atoms in total. The molecule has 5 heteroatoms. The zero-order chi connectivity index (χ0) is 19.5. The molecule has 3 aromatic carbocycles. The van der Waals surface area contributed by atoms with Gasteiger partial charge in [-0.1, -0.05) is 42.5 Å². The second-order valence-corrected chi connectivity index (χ2v) is 6.86. The lowest BCUT2D eigenvalue weighted by atomic mass is 10.1. The Kier molecular flexibility index (Phi) is 6.35. The van der Waals surface area contributed by atoms with Crippen LogP contribution in [0.1, 0.15) is 16.7 Å². The van der Waals surface area contributed by atoms with E-state index in [1.807, 2.05) is 55.5 Å². The molecule has 0 aliphatic heterocycles. The fourth-order valence-electron chi connectivity index (χ4n) is 3.07. The van der Waals surface area contributed by atoms with Crippen molar-refractivity contribution in [1.82, 2.24) is 9.97 Å². The fraction of sp³-hybridized carbons (Fsp3) is 0.125. The molecule has 0 atom stereocenters. The average Bonchev–Trinajstić information content (AvgIpc) is 3.20. The zero-order valence-electron chi connectivity index (χ0n) is 16.3. The van der Waals surface area contributed by atoms with Gasteiger partial charge in [0.1, 0.15) is 24.0 Å². The fourth-order valence-corrected chi connectivity index (χ4v) is 3.07. The topological polar surface area (TPSA) is 37.9 Å². The first-order valence-electron chi connectivity index (χ1n) is 9.19. The molecule has 0 fully saturated rings. The van der Waals surface area contributed by atoms with Gasteiger partial charge in [0.2, 0.25) is 0 Å². The van der Waals surface area contributed by atoms with E-state index in [9.17, 15) is 4.39 Å². The van der Waals surface area contributed by atoms with Gasteiger partial charge in [0.15, 0.2) is 0 Å². The van der Waals surface area contributed by atoms with Crippen LogP contribution in [0.2, 0.25) is 0 Å². The maximum Gasteiger partial charge on any atom is 0.137 e. The molecular weight excluding hydrogens is 387 g/mol. The van der Waals surface area contributed by atoms with Crippen molar-refractivity contribution < 1.29 is 9.13 Å². The Morgan fingerprint density at radius 2 is 1.66 bits per heavy atom. The van der Waals surface area contributed by atoms with Crippen LogP contribution in [-0.2, 0) is 6.61 Å². The molecule has 0 radical (unpaired) electrons. The van der Waals surface area contributed by atoms with Crippen molar-refractivity contribution in [2.24, 2.45) is 0 Å². The number of imidazole rings is 1. The van der Waals surface area contributed by atoms with Crippen LogP contribution in [0.4, 0.5) is 4.39 Å². The third-order valence-corrected chi connectivity index (χ3v) is 4.74. The molecule has 148 valence electrons.